The van der Waals surface area contributed by atoms with Gasteiger partial charge in [-0.25, -0.2) is 0 Å². The Bertz CT molecular complexity index is 367. The van der Waals surface area contributed by atoms with Crippen LogP contribution in [0.2, 0.25) is 0 Å². The number of hydrogen-bond acceptors (Lipinski definition) is 2. The lowest BCUT2D eigenvalue weighted by Crippen LogP contribution is -2.20. The molecule has 0 aliphatic heterocycles. The molecule has 0 aromatic carbocycles. The molecule has 0 saturated heterocycles. The lowest BCUT2D eigenvalue weighted by atomic mass is 9.84. The number of hydrogen-bond donors (Lipinski definition) is 1. The molecule has 1 aromatic rings. The van der Waals surface area contributed by atoms with Crippen LogP contribution in [-0.2, 0) is 10.8 Å². The van der Waals surface area contributed by atoms with Crippen LogP contribution in [0.5, 0.6) is 0 Å². The molecule has 0 aliphatic rings. The predicted octanol–water partition coefficient (Wildman–Crippen LogP) is 3.35. The van der Waals surface area contributed by atoms with Crippen LogP contribution in [0.4, 0.5) is 0 Å². The first-order chi connectivity index (χ1) is 6.60. The molecule has 0 amide bonds. The molecule has 0 radical (unpaired) electrons. The molecule has 2 heteroatoms. The van der Waals surface area contributed by atoms with Gasteiger partial charge in [-0.3, -0.25) is 5.41 Å². The molecule has 0 atom stereocenters. The first-order valence-electron chi connectivity index (χ1n) is 5.31. The second-order valence-electron chi connectivity index (χ2n) is 6.07. The Morgan fingerprint density at radius 1 is 0.933 bits per heavy atom. The summed E-state index contributed by atoms with van der Waals surface area (Å²) in [6.45, 7) is 12.7. The van der Waals surface area contributed by atoms with Crippen LogP contribution in [0.1, 0.15) is 52.9 Å². The molecule has 0 saturated carbocycles. The van der Waals surface area contributed by atoms with Crippen molar-refractivity contribution < 1.29 is 4.42 Å². The summed E-state index contributed by atoms with van der Waals surface area (Å²) in [6, 6.07) is 3.87. The summed E-state index contributed by atoms with van der Waals surface area (Å²) < 4.78 is 5.44. The van der Waals surface area contributed by atoms with Crippen molar-refractivity contribution in [2.24, 2.45) is 0 Å². The van der Waals surface area contributed by atoms with E-state index in [0.717, 1.165) is 11.3 Å². The Balaban J connectivity index is 3.36. The minimum Gasteiger partial charge on any atom is -0.443 e. The Hall–Kier alpha value is -1.05. The summed E-state index contributed by atoms with van der Waals surface area (Å²) in [4.78, 5) is 0. The van der Waals surface area contributed by atoms with E-state index in [1.165, 1.54) is 0 Å². The molecular formula is C13H21NO. The van der Waals surface area contributed by atoms with Crippen LogP contribution >= 0.6 is 0 Å². The summed E-state index contributed by atoms with van der Waals surface area (Å²) in [7, 11) is 0. The van der Waals surface area contributed by atoms with E-state index < -0.39 is 0 Å². The molecule has 84 valence electrons. The monoisotopic (exact) mass is 207 g/mol. The topological polar surface area (TPSA) is 37.0 Å². The van der Waals surface area contributed by atoms with Gasteiger partial charge in [-0.1, -0.05) is 41.5 Å². The Morgan fingerprint density at radius 2 is 1.47 bits per heavy atom. The zero-order valence-electron chi connectivity index (χ0n) is 10.6. The lowest BCUT2D eigenvalue weighted by Gasteiger charge is -2.23. The van der Waals surface area contributed by atoms with E-state index in [1.807, 2.05) is 0 Å². The minimum atomic E-state index is -0.0446. The van der Waals surface area contributed by atoms with E-state index >= 15 is 0 Å². The molecular weight excluding hydrogens is 186 g/mol. The van der Waals surface area contributed by atoms with Crippen molar-refractivity contribution in [3.05, 3.63) is 29.0 Å². The van der Waals surface area contributed by atoms with Crippen molar-refractivity contribution in [2.75, 3.05) is 0 Å². The smallest absolute Gasteiger partial charge is 0.211 e. The van der Waals surface area contributed by atoms with Crippen molar-refractivity contribution in [3.63, 3.8) is 0 Å². The van der Waals surface area contributed by atoms with Crippen LogP contribution < -0.4 is 5.55 Å². The SMILES string of the molecule is CC(C)(C)c1cc(C(C)(C)C)oc(=N)c1. The number of nitrogens with one attached hydrogen (secondary N) is 1. The summed E-state index contributed by atoms with van der Waals surface area (Å²) in [5.41, 5.74) is 1.42. The fraction of sp³-hybridized carbons (Fsp3) is 0.615. The van der Waals surface area contributed by atoms with Crippen LogP contribution in [0.15, 0.2) is 16.5 Å². The van der Waals surface area contributed by atoms with Crippen LogP contribution in [-0.4, -0.2) is 0 Å². The van der Waals surface area contributed by atoms with Gasteiger partial charge >= 0.3 is 0 Å². The maximum Gasteiger partial charge on any atom is 0.211 e. The second-order valence-corrected chi connectivity index (χ2v) is 6.07. The van der Waals surface area contributed by atoms with Crippen molar-refractivity contribution in [1.82, 2.24) is 0 Å². The third-order valence-corrected chi connectivity index (χ3v) is 2.40. The van der Waals surface area contributed by atoms with Gasteiger partial charge in [-0.05, 0) is 17.0 Å². The van der Waals surface area contributed by atoms with Crippen LogP contribution in [0.25, 0.3) is 0 Å². The third kappa shape index (κ3) is 2.95. The fourth-order valence-electron chi connectivity index (χ4n) is 1.30. The Kier molecular flexibility index (Phi) is 2.81. The number of rotatable bonds is 0. The van der Waals surface area contributed by atoms with Crippen molar-refractivity contribution in [2.45, 2.75) is 52.4 Å². The van der Waals surface area contributed by atoms with Gasteiger partial charge in [0, 0.05) is 11.5 Å². The van der Waals surface area contributed by atoms with Crippen LogP contribution in [0, 0.1) is 5.41 Å². The average Bonchev–Trinajstić information content (AvgIpc) is 1.99. The predicted molar refractivity (Wildman–Crippen MR) is 62.0 cm³/mol. The van der Waals surface area contributed by atoms with E-state index in [-0.39, 0.29) is 16.4 Å². The van der Waals surface area contributed by atoms with Crippen molar-refractivity contribution in [3.8, 4) is 0 Å². The molecule has 0 unspecified atom stereocenters. The molecule has 1 heterocycles. The maximum atomic E-state index is 7.67. The summed E-state index contributed by atoms with van der Waals surface area (Å²) in [6.07, 6.45) is 0. The lowest BCUT2D eigenvalue weighted by molar-refractivity contribution is 0.360. The van der Waals surface area contributed by atoms with E-state index in [1.54, 1.807) is 6.07 Å². The van der Waals surface area contributed by atoms with Gasteiger partial charge < -0.3 is 4.42 Å². The van der Waals surface area contributed by atoms with Gasteiger partial charge in [-0.15, -0.1) is 0 Å². The van der Waals surface area contributed by atoms with Crippen LogP contribution in [0.3, 0.4) is 0 Å². The van der Waals surface area contributed by atoms with E-state index in [4.69, 9.17) is 9.83 Å². The van der Waals surface area contributed by atoms with Gasteiger partial charge in [0.05, 0.1) is 0 Å². The second kappa shape index (κ2) is 3.51. The molecule has 2 nitrogen and oxygen atoms in total. The maximum absolute atomic E-state index is 7.67. The summed E-state index contributed by atoms with van der Waals surface area (Å²) in [5.74, 6) is 0.875. The van der Waals surface area contributed by atoms with Crippen molar-refractivity contribution in [1.29, 1.82) is 5.41 Å². The van der Waals surface area contributed by atoms with Gasteiger partial charge in [0.15, 0.2) is 0 Å². The Labute approximate surface area is 91.8 Å². The average molecular weight is 207 g/mol. The Morgan fingerprint density at radius 3 is 1.87 bits per heavy atom. The molecule has 0 spiro atoms. The quantitative estimate of drug-likeness (QED) is 0.696. The van der Waals surface area contributed by atoms with Crippen molar-refractivity contribution >= 4 is 0 Å². The molecule has 0 fully saturated rings. The summed E-state index contributed by atoms with van der Waals surface area (Å²) in [5, 5.41) is 7.67. The summed E-state index contributed by atoms with van der Waals surface area (Å²) >= 11 is 0. The minimum absolute atomic E-state index is 0.0446. The molecule has 1 aromatic heterocycles. The molecule has 1 rings (SSSR count). The molecule has 1 N–H and O–H groups in total. The van der Waals surface area contributed by atoms with E-state index in [9.17, 15) is 0 Å². The zero-order valence-corrected chi connectivity index (χ0v) is 10.6. The third-order valence-electron chi connectivity index (χ3n) is 2.40. The normalized spacial score (nSPS) is 12.9. The van der Waals surface area contributed by atoms with Gasteiger partial charge in [0.2, 0.25) is 5.55 Å². The largest absolute Gasteiger partial charge is 0.443 e. The fourth-order valence-corrected chi connectivity index (χ4v) is 1.30. The zero-order chi connectivity index (χ0) is 11.9. The highest BCUT2D eigenvalue weighted by atomic mass is 16.3. The molecule has 0 aliphatic carbocycles. The first-order valence-corrected chi connectivity index (χ1v) is 5.31. The van der Waals surface area contributed by atoms with Gasteiger partial charge in [-0.2, -0.15) is 0 Å². The highest BCUT2D eigenvalue weighted by molar-refractivity contribution is 5.24. The van der Waals surface area contributed by atoms with E-state index in [2.05, 4.69) is 47.6 Å². The standard InChI is InChI=1S/C13H21NO/c1-12(2,3)9-7-10(13(4,5)6)15-11(14)8-9/h7-8,14H,1-6H3. The van der Waals surface area contributed by atoms with E-state index in [0.29, 0.717) is 0 Å². The van der Waals surface area contributed by atoms with Gasteiger partial charge in [0.1, 0.15) is 5.76 Å². The molecule has 0 bridgehead atoms. The highest BCUT2D eigenvalue weighted by Gasteiger charge is 2.21. The first kappa shape index (κ1) is 12.0. The van der Waals surface area contributed by atoms with Gasteiger partial charge in [0.25, 0.3) is 0 Å². The highest BCUT2D eigenvalue weighted by Crippen LogP contribution is 2.26. The molecule has 15 heavy (non-hydrogen) atoms.